The molecule has 0 unspecified atom stereocenters. The van der Waals surface area contributed by atoms with Crippen molar-refractivity contribution in [2.75, 3.05) is 0 Å². The summed E-state index contributed by atoms with van der Waals surface area (Å²) in [5.41, 5.74) is 5.89. The van der Waals surface area contributed by atoms with Gasteiger partial charge >= 0.3 is 12.2 Å². The molecule has 7 heteroatoms. The fourth-order valence-corrected chi connectivity index (χ4v) is 0.116. The molecule has 0 aromatic heterocycles. The van der Waals surface area contributed by atoms with E-state index in [1.807, 2.05) is 0 Å². The van der Waals surface area contributed by atoms with Crippen molar-refractivity contribution in [3.05, 3.63) is 0 Å². The van der Waals surface area contributed by atoms with Crippen molar-refractivity contribution in [1.82, 2.24) is 5.48 Å². The SMILES string of the molecule is NOC(=O)NOC(N)=O. The zero-order chi connectivity index (χ0) is 7.28. The molecule has 0 atom stereocenters. The molecule has 0 spiro atoms. The zero-order valence-electron chi connectivity index (χ0n) is 4.29. The summed E-state index contributed by atoms with van der Waals surface area (Å²) >= 11 is 0. The van der Waals surface area contributed by atoms with Crippen LogP contribution in [-0.2, 0) is 9.68 Å². The molecule has 9 heavy (non-hydrogen) atoms. The Balaban J connectivity index is 3.28. The second kappa shape index (κ2) is 3.50. The lowest BCUT2D eigenvalue weighted by Gasteiger charge is -1.97. The van der Waals surface area contributed by atoms with Crippen LogP contribution in [0.25, 0.3) is 0 Å². The summed E-state index contributed by atoms with van der Waals surface area (Å²) in [6, 6.07) is 0. The second-order valence-corrected chi connectivity index (χ2v) is 0.928. The van der Waals surface area contributed by atoms with Gasteiger partial charge in [0.15, 0.2) is 0 Å². The van der Waals surface area contributed by atoms with Gasteiger partial charge in [-0.15, -0.1) is 5.48 Å². The van der Waals surface area contributed by atoms with Gasteiger partial charge in [0.1, 0.15) is 0 Å². The topological polar surface area (TPSA) is 117 Å². The van der Waals surface area contributed by atoms with E-state index in [9.17, 15) is 9.59 Å². The van der Waals surface area contributed by atoms with Crippen molar-refractivity contribution in [1.29, 1.82) is 0 Å². The molecule has 0 aromatic carbocycles. The first-order valence-corrected chi connectivity index (χ1v) is 1.79. The zero-order valence-corrected chi connectivity index (χ0v) is 4.29. The van der Waals surface area contributed by atoms with E-state index < -0.39 is 12.2 Å². The maximum Gasteiger partial charge on any atom is 0.459 e. The lowest BCUT2D eigenvalue weighted by atomic mass is 11.2. The molecule has 0 radical (unpaired) electrons. The molecule has 0 aliphatic rings. The second-order valence-electron chi connectivity index (χ2n) is 0.928. The molecule has 2 amide bonds. The van der Waals surface area contributed by atoms with Crippen LogP contribution >= 0.6 is 0 Å². The van der Waals surface area contributed by atoms with Gasteiger partial charge < -0.3 is 15.4 Å². The Labute approximate surface area is 49.8 Å². The third-order valence-electron chi connectivity index (χ3n) is 0.342. The van der Waals surface area contributed by atoms with Gasteiger partial charge in [0, 0.05) is 0 Å². The third kappa shape index (κ3) is 4.35. The maximum absolute atomic E-state index is 9.93. The number of nitrogens with one attached hydrogen (secondary N) is 1. The average Bonchev–Trinajstić information content (AvgIpc) is 1.83. The molecule has 5 N–H and O–H groups in total. The highest BCUT2D eigenvalue weighted by molar-refractivity contribution is 5.70. The first-order chi connectivity index (χ1) is 4.16. The standard InChI is InChI=1S/C2H5N3O4/c3-1(6)9-5-2(7)8-4/h4H2,(H2,3,6)(H,5,7). The first kappa shape index (κ1) is 7.50. The largest absolute Gasteiger partial charge is 0.459 e. The molecule has 0 aliphatic heterocycles. The van der Waals surface area contributed by atoms with Crippen molar-refractivity contribution >= 4 is 12.2 Å². The maximum atomic E-state index is 9.93. The summed E-state index contributed by atoms with van der Waals surface area (Å²) in [5.74, 6) is 4.31. The van der Waals surface area contributed by atoms with Crippen molar-refractivity contribution in [2.24, 2.45) is 11.6 Å². The highest BCUT2D eigenvalue weighted by Gasteiger charge is 1.99. The van der Waals surface area contributed by atoms with E-state index in [0.29, 0.717) is 0 Å². The smallest absolute Gasteiger partial charge is 0.355 e. The van der Waals surface area contributed by atoms with Gasteiger partial charge in [-0.25, -0.2) is 9.59 Å². The number of hydrogen-bond donors (Lipinski definition) is 3. The van der Waals surface area contributed by atoms with Gasteiger partial charge in [0.2, 0.25) is 0 Å². The van der Waals surface area contributed by atoms with Crippen molar-refractivity contribution < 1.29 is 19.3 Å². The Morgan fingerprint density at radius 1 is 1.44 bits per heavy atom. The van der Waals surface area contributed by atoms with Gasteiger partial charge in [-0.3, -0.25) is 0 Å². The minimum absolute atomic E-state index is 1.10. The fraction of sp³-hybridized carbons (Fsp3) is 0. The Hall–Kier alpha value is -1.50. The minimum Gasteiger partial charge on any atom is -0.355 e. The number of primary amides is 1. The Morgan fingerprint density at radius 3 is 2.33 bits per heavy atom. The summed E-state index contributed by atoms with van der Waals surface area (Å²) in [7, 11) is 0. The number of hydroxylamine groups is 1. The molecule has 0 bridgehead atoms. The van der Waals surface area contributed by atoms with Gasteiger partial charge in [-0.2, -0.15) is 5.90 Å². The summed E-state index contributed by atoms with van der Waals surface area (Å²) in [4.78, 5) is 26.9. The molecule has 52 valence electrons. The molecular formula is C2H5N3O4. The van der Waals surface area contributed by atoms with E-state index in [0.717, 1.165) is 0 Å². The van der Waals surface area contributed by atoms with Gasteiger partial charge in [-0.1, -0.05) is 0 Å². The highest BCUT2D eigenvalue weighted by atomic mass is 16.8. The van der Waals surface area contributed by atoms with E-state index >= 15 is 0 Å². The molecule has 0 rings (SSSR count). The number of hydrogen-bond acceptors (Lipinski definition) is 5. The van der Waals surface area contributed by atoms with E-state index in [2.05, 4.69) is 21.3 Å². The van der Waals surface area contributed by atoms with Crippen molar-refractivity contribution in [3.8, 4) is 0 Å². The number of nitrogens with two attached hydrogens (primary N) is 2. The summed E-state index contributed by atoms with van der Waals surface area (Å²) in [6.45, 7) is 0. The molecule has 0 aromatic rings. The molecular weight excluding hydrogens is 130 g/mol. The lowest BCUT2D eigenvalue weighted by molar-refractivity contribution is 0.0682. The predicted octanol–water partition coefficient (Wildman–Crippen LogP) is -1.40. The van der Waals surface area contributed by atoms with E-state index in [4.69, 9.17) is 0 Å². The van der Waals surface area contributed by atoms with Crippen LogP contribution in [0.4, 0.5) is 9.59 Å². The van der Waals surface area contributed by atoms with Crippen LogP contribution < -0.4 is 17.1 Å². The molecule has 0 aliphatic carbocycles. The van der Waals surface area contributed by atoms with E-state index in [-0.39, 0.29) is 0 Å². The number of rotatable bonds is 0. The molecule has 0 fully saturated rings. The number of carbonyl (C=O) groups is 2. The summed E-state index contributed by atoms with van der Waals surface area (Å²) in [6.07, 6.45) is -2.26. The van der Waals surface area contributed by atoms with Crippen LogP contribution in [0.15, 0.2) is 0 Å². The predicted molar refractivity (Wildman–Crippen MR) is 24.5 cm³/mol. The van der Waals surface area contributed by atoms with Gasteiger partial charge in [-0.05, 0) is 0 Å². The first-order valence-electron chi connectivity index (χ1n) is 1.79. The van der Waals surface area contributed by atoms with Crippen LogP contribution in [0, 0.1) is 0 Å². The van der Waals surface area contributed by atoms with Crippen molar-refractivity contribution in [3.63, 3.8) is 0 Å². The average molecular weight is 135 g/mol. The Morgan fingerprint density at radius 2 is 2.00 bits per heavy atom. The molecule has 0 saturated heterocycles. The van der Waals surface area contributed by atoms with Crippen LogP contribution in [0.2, 0.25) is 0 Å². The summed E-state index contributed by atoms with van der Waals surface area (Å²) in [5, 5.41) is 0. The van der Waals surface area contributed by atoms with Gasteiger partial charge in [0.25, 0.3) is 0 Å². The number of carbonyl (C=O) groups excluding carboxylic acids is 2. The molecule has 0 heterocycles. The van der Waals surface area contributed by atoms with Crippen LogP contribution in [-0.4, -0.2) is 12.2 Å². The monoisotopic (exact) mass is 135 g/mol. The van der Waals surface area contributed by atoms with Gasteiger partial charge in [0.05, 0.1) is 0 Å². The van der Waals surface area contributed by atoms with Crippen molar-refractivity contribution in [2.45, 2.75) is 0 Å². The lowest BCUT2D eigenvalue weighted by Crippen LogP contribution is -2.31. The normalized spacial score (nSPS) is 7.67. The minimum atomic E-state index is -1.15. The van der Waals surface area contributed by atoms with Crippen LogP contribution in [0.5, 0.6) is 0 Å². The van der Waals surface area contributed by atoms with E-state index in [1.165, 1.54) is 5.48 Å². The fourth-order valence-electron chi connectivity index (χ4n) is 0.116. The Bertz CT molecular complexity index is 123. The van der Waals surface area contributed by atoms with Crippen LogP contribution in [0.3, 0.4) is 0 Å². The van der Waals surface area contributed by atoms with Crippen LogP contribution in [0.1, 0.15) is 0 Å². The quantitative estimate of drug-likeness (QED) is 0.353. The summed E-state index contributed by atoms with van der Waals surface area (Å²) < 4.78 is 0. The third-order valence-corrected chi connectivity index (χ3v) is 0.342. The Kier molecular flexibility index (Phi) is 2.91. The van der Waals surface area contributed by atoms with E-state index in [1.54, 1.807) is 0 Å². The highest BCUT2D eigenvalue weighted by Crippen LogP contribution is 1.68. The molecule has 0 saturated carbocycles. The number of amides is 2. The molecule has 7 nitrogen and oxygen atoms in total.